The number of halogens is 1. The van der Waals surface area contributed by atoms with Gasteiger partial charge in [-0.1, -0.05) is 0 Å². The fraction of sp³-hybridized carbons (Fsp3) is 0.562. The van der Waals surface area contributed by atoms with Crippen LogP contribution in [0.1, 0.15) is 47.7 Å². The molecule has 2 aliphatic rings. The van der Waals surface area contributed by atoms with Crippen LogP contribution in [-0.4, -0.2) is 51.6 Å². The van der Waals surface area contributed by atoms with E-state index < -0.39 is 0 Å². The predicted octanol–water partition coefficient (Wildman–Crippen LogP) is 1.15. The maximum atomic E-state index is 12.7. The van der Waals surface area contributed by atoms with Gasteiger partial charge in [-0.05, 0) is 38.8 Å². The first-order chi connectivity index (χ1) is 11.2. The first kappa shape index (κ1) is 17.0. The molecule has 4 heterocycles. The van der Waals surface area contributed by atoms with Gasteiger partial charge in [-0.3, -0.25) is 9.59 Å². The molecule has 0 bridgehead atoms. The van der Waals surface area contributed by atoms with E-state index in [0.717, 1.165) is 57.6 Å². The van der Waals surface area contributed by atoms with Crippen LogP contribution in [0.2, 0.25) is 0 Å². The van der Waals surface area contributed by atoms with E-state index in [1.165, 1.54) is 0 Å². The van der Waals surface area contributed by atoms with Gasteiger partial charge in [0, 0.05) is 25.1 Å². The largest absolute Gasteiger partial charge is 0.338 e. The van der Waals surface area contributed by atoms with Gasteiger partial charge in [0.25, 0.3) is 11.5 Å². The zero-order chi connectivity index (χ0) is 15.8. The molecular weight excluding hydrogens is 330 g/mol. The van der Waals surface area contributed by atoms with Crippen molar-refractivity contribution in [1.29, 1.82) is 0 Å². The summed E-state index contributed by atoms with van der Waals surface area (Å²) in [5, 5.41) is 7.74. The molecule has 4 rings (SSSR count). The second-order valence-corrected chi connectivity index (χ2v) is 6.40. The molecule has 2 saturated heterocycles. The number of nitrogens with one attached hydrogen (secondary N) is 2. The quantitative estimate of drug-likeness (QED) is 0.850. The summed E-state index contributed by atoms with van der Waals surface area (Å²) in [6.45, 7) is 3.46. The van der Waals surface area contributed by atoms with E-state index in [-0.39, 0.29) is 23.9 Å². The van der Waals surface area contributed by atoms with Crippen molar-refractivity contribution in [2.45, 2.75) is 31.6 Å². The summed E-state index contributed by atoms with van der Waals surface area (Å²) in [7, 11) is 0. The summed E-state index contributed by atoms with van der Waals surface area (Å²) in [5.41, 5.74) is 1.77. The number of amides is 1. The Bertz CT molecular complexity index is 787. The molecule has 0 saturated carbocycles. The first-order valence-corrected chi connectivity index (χ1v) is 8.35. The fourth-order valence-corrected chi connectivity index (χ4v) is 3.67. The molecule has 2 fully saturated rings. The average molecular weight is 352 g/mol. The number of aromatic nitrogens is 3. The second-order valence-electron chi connectivity index (χ2n) is 6.40. The molecule has 2 aliphatic heterocycles. The lowest BCUT2D eigenvalue weighted by atomic mass is 9.94. The van der Waals surface area contributed by atoms with E-state index in [9.17, 15) is 9.59 Å². The molecule has 7 nitrogen and oxygen atoms in total. The summed E-state index contributed by atoms with van der Waals surface area (Å²) in [5.74, 6) is 0.270. The van der Waals surface area contributed by atoms with E-state index in [4.69, 9.17) is 0 Å². The molecule has 8 heteroatoms. The van der Waals surface area contributed by atoms with Crippen molar-refractivity contribution in [3.05, 3.63) is 33.9 Å². The predicted molar refractivity (Wildman–Crippen MR) is 93.0 cm³/mol. The number of carbonyl (C=O) groups is 1. The topological polar surface area (TPSA) is 82.5 Å². The monoisotopic (exact) mass is 351 g/mol. The Morgan fingerprint density at radius 3 is 2.62 bits per heavy atom. The molecule has 0 aromatic carbocycles. The molecule has 2 aromatic heterocycles. The summed E-state index contributed by atoms with van der Waals surface area (Å²) in [4.78, 5) is 29.4. The summed E-state index contributed by atoms with van der Waals surface area (Å²) >= 11 is 0. The number of carbonyl (C=O) groups excluding carboxylic acids is 1. The minimum atomic E-state index is -0.165. The van der Waals surface area contributed by atoms with Gasteiger partial charge in [0.15, 0.2) is 0 Å². The Morgan fingerprint density at radius 1 is 1.21 bits per heavy atom. The van der Waals surface area contributed by atoms with Crippen molar-refractivity contribution in [3.8, 4) is 0 Å². The Morgan fingerprint density at radius 2 is 1.92 bits per heavy atom. The van der Waals surface area contributed by atoms with Gasteiger partial charge in [-0.2, -0.15) is 5.10 Å². The Labute approximate surface area is 145 Å². The van der Waals surface area contributed by atoms with E-state index in [2.05, 4.69) is 15.4 Å². The number of nitrogens with zero attached hydrogens (tertiary/aromatic N) is 3. The Hall–Kier alpha value is -1.86. The van der Waals surface area contributed by atoms with Crippen LogP contribution in [0.4, 0.5) is 0 Å². The van der Waals surface area contributed by atoms with E-state index in [0.29, 0.717) is 17.1 Å². The van der Waals surface area contributed by atoms with Crippen molar-refractivity contribution in [3.63, 3.8) is 0 Å². The van der Waals surface area contributed by atoms with Crippen LogP contribution in [0.15, 0.2) is 17.1 Å². The lowest BCUT2D eigenvalue weighted by Crippen LogP contribution is -2.29. The number of rotatable bonds is 2. The van der Waals surface area contributed by atoms with Gasteiger partial charge in [0.2, 0.25) is 0 Å². The average Bonchev–Trinajstić information content (AvgIpc) is 3.24. The van der Waals surface area contributed by atoms with Crippen molar-refractivity contribution >= 4 is 24.0 Å². The maximum absolute atomic E-state index is 12.7. The van der Waals surface area contributed by atoms with Crippen LogP contribution >= 0.6 is 12.4 Å². The minimum absolute atomic E-state index is 0. The highest BCUT2D eigenvalue weighted by atomic mass is 35.5. The van der Waals surface area contributed by atoms with Crippen LogP contribution < -0.4 is 10.9 Å². The van der Waals surface area contributed by atoms with Crippen molar-refractivity contribution < 1.29 is 4.79 Å². The van der Waals surface area contributed by atoms with Gasteiger partial charge in [0.05, 0.1) is 11.9 Å². The molecule has 0 atom stereocenters. The number of H-pyrrole nitrogens is 1. The highest BCUT2D eigenvalue weighted by molar-refractivity contribution is 5.99. The SMILES string of the molecule is Cl.O=C(c1cnn2c(C3CCNCC3)cc(=O)[nH]c12)N1CCCC1. The van der Waals surface area contributed by atoms with Crippen LogP contribution in [0.25, 0.3) is 5.65 Å². The smallest absolute Gasteiger partial charge is 0.259 e. The van der Waals surface area contributed by atoms with Crippen molar-refractivity contribution in [1.82, 2.24) is 24.8 Å². The number of hydrogen-bond donors (Lipinski definition) is 2. The van der Waals surface area contributed by atoms with Gasteiger partial charge in [0.1, 0.15) is 11.2 Å². The van der Waals surface area contributed by atoms with E-state index in [1.54, 1.807) is 16.8 Å². The third-order valence-corrected chi connectivity index (χ3v) is 4.92. The number of hydrogen-bond acceptors (Lipinski definition) is 4. The maximum Gasteiger partial charge on any atom is 0.259 e. The van der Waals surface area contributed by atoms with Crippen LogP contribution in [0, 0.1) is 0 Å². The Balaban J connectivity index is 0.00000169. The zero-order valence-electron chi connectivity index (χ0n) is 13.5. The molecular formula is C16H22ClN5O2. The molecule has 130 valence electrons. The van der Waals surface area contributed by atoms with Gasteiger partial charge in [-0.25, -0.2) is 4.52 Å². The normalized spacial score (nSPS) is 18.8. The number of likely N-dealkylation sites (tertiary alicyclic amines) is 1. The molecule has 0 radical (unpaired) electrons. The third-order valence-electron chi connectivity index (χ3n) is 4.92. The molecule has 2 aromatic rings. The fourth-order valence-electron chi connectivity index (χ4n) is 3.67. The molecule has 0 spiro atoms. The molecule has 2 N–H and O–H groups in total. The minimum Gasteiger partial charge on any atom is -0.338 e. The second kappa shape index (κ2) is 6.94. The third kappa shape index (κ3) is 2.93. The van der Waals surface area contributed by atoms with E-state index >= 15 is 0 Å². The van der Waals surface area contributed by atoms with Crippen LogP contribution in [-0.2, 0) is 0 Å². The van der Waals surface area contributed by atoms with Crippen molar-refractivity contribution in [2.24, 2.45) is 0 Å². The standard InChI is InChI=1S/C16H21N5O2.ClH/c22-14-9-13(11-3-5-17-6-4-11)21-15(19-14)12(10-18-21)16(23)20-7-1-2-8-20;/h9-11,17H,1-8H2,(H,19,22);1H. The van der Waals surface area contributed by atoms with Gasteiger partial charge >= 0.3 is 0 Å². The number of fused-ring (bicyclic) bond motifs is 1. The zero-order valence-corrected chi connectivity index (χ0v) is 14.3. The van der Waals surface area contributed by atoms with E-state index in [1.807, 2.05) is 4.90 Å². The molecule has 1 amide bonds. The molecule has 0 unspecified atom stereocenters. The lowest BCUT2D eigenvalue weighted by molar-refractivity contribution is 0.0794. The molecule has 24 heavy (non-hydrogen) atoms. The highest BCUT2D eigenvalue weighted by Gasteiger charge is 2.25. The summed E-state index contributed by atoms with van der Waals surface area (Å²) in [6.07, 6.45) is 5.64. The number of piperidine rings is 1. The van der Waals surface area contributed by atoms with Crippen LogP contribution in [0.5, 0.6) is 0 Å². The lowest BCUT2D eigenvalue weighted by Gasteiger charge is -2.23. The summed E-state index contributed by atoms with van der Waals surface area (Å²) in [6, 6.07) is 1.63. The highest BCUT2D eigenvalue weighted by Crippen LogP contribution is 2.25. The van der Waals surface area contributed by atoms with Crippen molar-refractivity contribution in [2.75, 3.05) is 26.2 Å². The van der Waals surface area contributed by atoms with Gasteiger partial charge < -0.3 is 15.2 Å². The molecule has 0 aliphatic carbocycles. The summed E-state index contributed by atoms with van der Waals surface area (Å²) < 4.78 is 1.75. The number of aromatic amines is 1. The Kier molecular flexibility index (Phi) is 4.91. The van der Waals surface area contributed by atoms with Crippen LogP contribution in [0.3, 0.4) is 0 Å². The van der Waals surface area contributed by atoms with Gasteiger partial charge in [-0.15, -0.1) is 12.4 Å². The first-order valence-electron chi connectivity index (χ1n) is 8.35.